The lowest BCUT2D eigenvalue weighted by atomic mass is 10.2. The van der Waals surface area contributed by atoms with Gasteiger partial charge in [0, 0.05) is 10.0 Å². The number of carboxylic acid groups (broad SMARTS) is 1. The summed E-state index contributed by atoms with van der Waals surface area (Å²) in [5, 5.41) is 9.18. The molecule has 1 N–H and O–H groups in total. The highest BCUT2D eigenvalue weighted by Gasteiger charge is 2.31. The van der Waals surface area contributed by atoms with Gasteiger partial charge in [0.25, 0.3) is 0 Å². The standard InChI is InChI=1S/C15H15BrN2O3/c16-11-5-2-1-4-10(11)13-8-17-14(21-13)9-18-7-3-6-12(18)15(19)20/h1-2,4-5,8,12H,3,6-7,9H2,(H,19,20). The molecule has 1 aromatic carbocycles. The molecule has 5 nitrogen and oxygen atoms in total. The molecule has 0 spiro atoms. The quantitative estimate of drug-likeness (QED) is 0.917. The van der Waals surface area contributed by atoms with E-state index < -0.39 is 12.0 Å². The fraction of sp³-hybridized carbons (Fsp3) is 0.333. The Kier molecular flexibility index (Phi) is 4.07. The molecule has 21 heavy (non-hydrogen) atoms. The molecule has 1 aliphatic heterocycles. The molecule has 3 rings (SSSR count). The number of hydrogen-bond acceptors (Lipinski definition) is 4. The number of likely N-dealkylation sites (tertiary alicyclic amines) is 1. The molecule has 1 unspecified atom stereocenters. The van der Waals surface area contributed by atoms with Crippen LogP contribution in [-0.4, -0.2) is 33.5 Å². The summed E-state index contributed by atoms with van der Waals surface area (Å²) in [6.07, 6.45) is 3.27. The zero-order valence-corrected chi connectivity index (χ0v) is 12.9. The molecule has 0 saturated carbocycles. The van der Waals surface area contributed by atoms with E-state index >= 15 is 0 Å². The van der Waals surface area contributed by atoms with Crippen molar-refractivity contribution in [1.82, 2.24) is 9.88 Å². The Balaban J connectivity index is 1.77. The molecule has 2 aromatic rings. The normalized spacial score (nSPS) is 19.0. The van der Waals surface area contributed by atoms with Crippen molar-refractivity contribution in [1.29, 1.82) is 0 Å². The second-order valence-corrected chi connectivity index (χ2v) is 5.92. The molecule has 0 aliphatic carbocycles. The molecule has 0 bridgehead atoms. The van der Waals surface area contributed by atoms with E-state index in [0.717, 1.165) is 23.0 Å². The van der Waals surface area contributed by atoms with Crippen LogP contribution in [0.5, 0.6) is 0 Å². The van der Waals surface area contributed by atoms with Crippen LogP contribution in [0, 0.1) is 0 Å². The molecule has 2 heterocycles. The van der Waals surface area contributed by atoms with Crippen LogP contribution < -0.4 is 0 Å². The maximum atomic E-state index is 11.2. The summed E-state index contributed by atoms with van der Waals surface area (Å²) >= 11 is 3.48. The number of aliphatic carboxylic acids is 1. The highest BCUT2D eigenvalue weighted by atomic mass is 79.9. The summed E-state index contributed by atoms with van der Waals surface area (Å²) in [5.74, 6) is 0.461. The highest BCUT2D eigenvalue weighted by molar-refractivity contribution is 9.10. The van der Waals surface area contributed by atoms with Crippen molar-refractivity contribution in [3.05, 3.63) is 40.8 Å². The van der Waals surface area contributed by atoms with Crippen LogP contribution in [0.1, 0.15) is 18.7 Å². The molecular weight excluding hydrogens is 336 g/mol. The molecule has 1 aliphatic rings. The van der Waals surface area contributed by atoms with Gasteiger partial charge in [0.2, 0.25) is 5.89 Å². The summed E-state index contributed by atoms with van der Waals surface area (Å²) in [4.78, 5) is 17.3. The van der Waals surface area contributed by atoms with Crippen LogP contribution in [0.15, 0.2) is 39.4 Å². The first kappa shape index (κ1) is 14.3. The summed E-state index contributed by atoms with van der Waals surface area (Å²) in [6, 6.07) is 7.34. The molecule has 1 atom stereocenters. The first-order valence-electron chi connectivity index (χ1n) is 6.81. The summed E-state index contributed by atoms with van der Waals surface area (Å²) < 4.78 is 6.71. The number of aromatic nitrogens is 1. The van der Waals surface area contributed by atoms with Gasteiger partial charge in [-0.2, -0.15) is 0 Å². The molecule has 1 aromatic heterocycles. The van der Waals surface area contributed by atoms with Crippen LogP contribution in [0.3, 0.4) is 0 Å². The van der Waals surface area contributed by atoms with Gasteiger partial charge in [-0.15, -0.1) is 0 Å². The van der Waals surface area contributed by atoms with Crippen molar-refractivity contribution in [2.75, 3.05) is 6.54 Å². The fourth-order valence-electron chi connectivity index (χ4n) is 2.64. The van der Waals surface area contributed by atoms with Gasteiger partial charge >= 0.3 is 5.97 Å². The Morgan fingerprint density at radius 3 is 3.05 bits per heavy atom. The minimum absolute atomic E-state index is 0.427. The van der Waals surface area contributed by atoms with Gasteiger partial charge in [-0.1, -0.05) is 34.1 Å². The number of oxazole rings is 1. The van der Waals surface area contributed by atoms with Crippen LogP contribution in [-0.2, 0) is 11.3 Å². The molecular formula is C15H15BrN2O3. The van der Waals surface area contributed by atoms with Crippen LogP contribution in [0.25, 0.3) is 11.3 Å². The van der Waals surface area contributed by atoms with Crippen molar-refractivity contribution in [2.45, 2.75) is 25.4 Å². The van der Waals surface area contributed by atoms with Gasteiger partial charge in [0.1, 0.15) is 6.04 Å². The maximum Gasteiger partial charge on any atom is 0.320 e. The van der Waals surface area contributed by atoms with Crippen molar-refractivity contribution >= 4 is 21.9 Å². The molecule has 1 saturated heterocycles. The fourth-order valence-corrected chi connectivity index (χ4v) is 3.12. The number of hydrogen-bond donors (Lipinski definition) is 1. The Morgan fingerprint density at radius 2 is 2.29 bits per heavy atom. The summed E-state index contributed by atoms with van der Waals surface area (Å²) in [6.45, 7) is 1.20. The lowest BCUT2D eigenvalue weighted by molar-refractivity contribution is -0.142. The van der Waals surface area contributed by atoms with E-state index in [9.17, 15) is 9.90 Å². The van der Waals surface area contributed by atoms with Gasteiger partial charge in [-0.3, -0.25) is 9.69 Å². The van der Waals surface area contributed by atoms with Gasteiger partial charge in [-0.25, -0.2) is 4.98 Å². The molecule has 110 valence electrons. The smallest absolute Gasteiger partial charge is 0.320 e. The largest absolute Gasteiger partial charge is 0.480 e. The average Bonchev–Trinajstić information content (AvgIpc) is 3.09. The zero-order valence-electron chi connectivity index (χ0n) is 11.3. The predicted molar refractivity (Wildman–Crippen MR) is 80.7 cm³/mol. The van der Waals surface area contributed by atoms with Gasteiger partial charge < -0.3 is 9.52 Å². The second-order valence-electron chi connectivity index (χ2n) is 5.06. The Hall–Kier alpha value is -1.66. The number of carboxylic acids is 1. The first-order valence-corrected chi connectivity index (χ1v) is 7.61. The molecule has 1 fully saturated rings. The topological polar surface area (TPSA) is 66.6 Å². The van der Waals surface area contributed by atoms with E-state index in [1.807, 2.05) is 29.2 Å². The lowest BCUT2D eigenvalue weighted by Crippen LogP contribution is -2.35. The second kappa shape index (κ2) is 5.99. The van der Waals surface area contributed by atoms with E-state index in [0.29, 0.717) is 24.6 Å². The number of nitrogens with zero attached hydrogens (tertiary/aromatic N) is 2. The Labute approximate surface area is 130 Å². The third-order valence-corrected chi connectivity index (χ3v) is 4.37. The van der Waals surface area contributed by atoms with Crippen LogP contribution >= 0.6 is 15.9 Å². The molecule has 6 heteroatoms. The number of benzene rings is 1. The van der Waals surface area contributed by atoms with E-state index in [2.05, 4.69) is 20.9 Å². The van der Waals surface area contributed by atoms with E-state index in [4.69, 9.17) is 4.42 Å². The predicted octanol–water partition coefficient (Wildman–Crippen LogP) is 3.15. The third-order valence-electron chi connectivity index (χ3n) is 3.68. The van der Waals surface area contributed by atoms with E-state index in [1.165, 1.54) is 0 Å². The molecule has 0 amide bonds. The van der Waals surface area contributed by atoms with Crippen LogP contribution in [0.2, 0.25) is 0 Å². The van der Waals surface area contributed by atoms with Crippen molar-refractivity contribution in [3.63, 3.8) is 0 Å². The van der Waals surface area contributed by atoms with Gasteiger partial charge in [0.15, 0.2) is 5.76 Å². The lowest BCUT2D eigenvalue weighted by Gasteiger charge is -2.18. The van der Waals surface area contributed by atoms with E-state index in [1.54, 1.807) is 6.20 Å². The number of halogens is 1. The molecule has 0 radical (unpaired) electrons. The third kappa shape index (κ3) is 3.01. The van der Waals surface area contributed by atoms with Crippen molar-refractivity contribution in [3.8, 4) is 11.3 Å². The Morgan fingerprint density at radius 1 is 1.48 bits per heavy atom. The first-order chi connectivity index (χ1) is 10.1. The maximum absolute atomic E-state index is 11.2. The number of carbonyl (C=O) groups is 1. The number of rotatable bonds is 4. The Bertz CT molecular complexity index is 656. The average molecular weight is 351 g/mol. The van der Waals surface area contributed by atoms with Crippen LogP contribution in [0.4, 0.5) is 0 Å². The van der Waals surface area contributed by atoms with Crippen molar-refractivity contribution < 1.29 is 14.3 Å². The van der Waals surface area contributed by atoms with Crippen molar-refractivity contribution in [2.24, 2.45) is 0 Å². The zero-order chi connectivity index (χ0) is 14.8. The minimum Gasteiger partial charge on any atom is -0.480 e. The monoisotopic (exact) mass is 350 g/mol. The van der Waals surface area contributed by atoms with Gasteiger partial charge in [0.05, 0.1) is 12.7 Å². The van der Waals surface area contributed by atoms with E-state index in [-0.39, 0.29) is 0 Å². The SMILES string of the molecule is O=C(O)C1CCCN1Cc1ncc(-c2ccccc2Br)o1. The van der Waals surface area contributed by atoms with Gasteiger partial charge in [-0.05, 0) is 25.5 Å². The highest BCUT2D eigenvalue weighted by Crippen LogP contribution is 2.29. The summed E-state index contributed by atoms with van der Waals surface area (Å²) in [5.41, 5.74) is 0.937. The minimum atomic E-state index is -0.773. The summed E-state index contributed by atoms with van der Waals surface area (Å²) in [7, 11) is 0.